The van der Waals surface area contributed by atoms with E-state index in [4.69, 9.17) is 9.47 Å². The Balaban J connectivity index is 3.03. The first-order chi connectivity index (χ1) is 11.3. The minimum atomic E-state index is -4.51. The number of alkyl halides is 3. The molecule has 1 rings (SSSR count). The summed E-state index contributed by atoms with van der Waals surface area (Å²) in [6.45, 7) is 4.81. The lowest BCUT2D eigenvalue weighted by molar-refractivity contribution is -0.143. The van der Waals surface area contributed by atoms with Gasteiger partial charge in [0.1, 0.15) is 11.7 Å². The Kier molecular flexibility index (Phi) is 6.42. The summed E-state index contributed by atoms with van der Waals surface area (Å²) >= 11 is 0. The molecule has 1 amide bonds. The van der Waals surface area contributed by atoms with Gasteiger partial charge in [-0.2, -0.15) is 13.2 Å². The van der Waals surface area contributed by atoms with Gasteiger partial charge in [0.15, 0.2) is 6.04 Å². The molecule has 0 spiro atoms. The van der Waals surface area contributed by atoms with Crippen LogP contribution in [-0.4, -0.2) is 35.9 Å². The van der Waals surface area contributed by atoms with Crippen LogP contribution in [0, 0.1) is 0 Å². The maximum atomic E-state index is 12.6. The first-order valence-corrected chi connectivity index (χ1v) is 7.27. The lowest BCUT2D eigenvalue weighted by Gasteiger charge is -2.26. The number of ether oxygens (including phenoxy) is 2. The molecule has 140 valence electrons. The number of carbonyl (C=O) groups excluding carboxylic acids is 1. The van der Waals surface area contributed by atoms with Crippen molar-refractivity contribution in [3.63, 3.8) is 0 Å². The second kappa shape index (κ2) is 7.73. The zero-order valence-electron chi connectivity index (χ0n) is 14.2. The Morgan fingerprint density at radius 2 is 1.64 bits per heavy atom. The quantitative estimate of drug-likeness (QED) is 0.838. The standard InChI is InChI=1S/C16H20F3NO5/c1-15(2,3)25-14(23)20-11(13(21)22)12(24-4)9-5-7-10(8-6-9)16(17,18)19/h5-8,11-12H,1-4H3,(H,20,23)(H,21,22). The Labute approximate surface area is 142 Å². The molecular weight excluding hydrogens is 343 g/mol. The number of methoxy groups -OCH3 is 1. The van der Waals surface area contributed by atoms with Gasteiger partial charge in [0.2, 0.25) is 0 Å². The normalized spacial score (nSPS) is 14.5. The van der Waals surface area contributed by atoms with E-state index >= 15 is 0 Å². The summed E-state index contributed by atoms with van der Waals surface area (Å²) in [6.07, 6.45) is -6.69. The molecule has 2 N–H and O–H groups in total. The van der Waals surface area contributed by atoms with Crippen molar-refractivity contribution < 1.29 is 37.3 Å². The number of benzene rings is 1. The van der Waals surface area contributed by atoms with Gasteiger partial charge in [-0.05, 0) is 38.5 Å². The predicted octanol–water partition coefficient (Wildman–Crippen LogP) is 3.37. The molecule has 0 heterocycles. The molecule has 9 heteroatoms. The summed E-state index contributed by atoms with van der Waals surface area (Å²) in [6, 6.07) is 2.28. The van der Waals surface area contributed by atoms with Gasteiger partial charge in [0, 0.05) is 7.11 Å². The van der Waals surface area contributed by atoms with Crippen molar-refractivity contribution >= 4 is 12.1 Å². The molecule has 2 unspecified atom stereocenters. The highest BCUT2D eigenvalue weighted by atomic mass is 19.4. The van der Waals surface area contributed by atoms with Crippen LogP contribution < -0.4 is 5.32 Å². The van der Waals surface area contributed by atoms with Crippen molar-refractivity contribution in [3.8, 4) is 0 Å². The van der Waals surface area contributed by atoms with E-state index in [2.05, 4.69) is 5.32 Å². The smallest absolute Gasteiger partial charge is 0.416 e. The van der Waals surface area contributed by atoms with Gasteiger partial charge < -0.3 is 19.9 Å². The van der Waals surface area contributed by atoms with Crippen molar-refractivity contribution in [2.24, 2.45) is 0 Å². The molecule has 2 atom stereocenters. The number of nitrogens with one attached hydrogen (secondary N) is 1. The van der Waals surface area contributed by atoms with E-state index in [1.165, 1.54) is 7.11 Å². The van der Waals surface area contributed by atoms with Crippen LogP contribution in [0.2, 0.25) is 0 Å². The fraction of sp³-hybridized carbons (Fsp3) is 0.500. The SMILES string of the molecule is COC(c1ccc(C(F)(F)F)cc1)C(NC(=O)OC(C)(C)C)C(=O)O. The maximum absolute atomic E-state index is 12.6. The van der Waals surface area contributed by atoms with Gasteiger partial charge in [0.25, 0.3) is 0 Å². The Morgan fingerprint density at radius 3 is 2.00 bits per heavy atom. The van der Waals surface area contributed by atoms with Crippen LogP contribution in [0.1, 0.15) is 38.0 Å². The molecule has 0 radical (unpaired) electrons. The average Bonchev–Trinajstić information content (AvgIpc) is 2.44. The number of amides is 1. The molecule has 0 aliphatic rings. The highest BCUT2D eigenvalue weighted by molar-refractivity contribution is 5.81. The Hall–Kier alpha value is -2.29. The molecule has 0 aliphatic heterocycles. The molecule has 0 saturated carbocycles. The number of hydrogen-bond acceptors (Lipinski definition) is 4. The number of aliphatic carboxylic acids is 1. The van der Waals surface area contributed by atoms with Crippen LogP contribution in [0.3, 0.4) is 0 Å². The van der Waals surface area contributed by atoms with E-state index in [0.29, 0.717) is 0 Å². The van der Waals surface area contributed by atoms with E-state index in [1.54, 1.807) is 20.8 Å². The van der Waals surface area contributed by atoms with Crippen LogP contribution in [-0.2, 0) is 20.4 Å². The summed E-state index contributed by atoms with van der Waals surface area (Å²) < 4.78 is 47.9. The molecule has 0 aromatic heterocycles. The minimum absolute atomic E-state index is 0.166. The minimum Gasteiger partial charge on any atom is -0.480 e. The largest absolute Gasteiger partial charge is 0.480 e. The summed E-state index contributed by atoms with van der Waals surface area (Å²) in [4.78, 5) is 23.3. The summed E-state index contributed by atoms with van der Waals surface area (Å²) in [5.41, 5.74) is -1.55. The number of halogens is 3. The molecular formula is C16H20F3NO5. The molecule has 6 nitrogen and oxygen atoms in total. The monoisotopic (exact) mass is 363 g/mol. The molecule has 0 bridgehead atoms. The zero-order chi connectivity index (χ0) is 19.4. The third-order valence-electron chi connectivity index (χ3n) is 3.06. The van der Waals surface area contributed by atoms with Gasteiger partial charge in [-0.1, -0.05) is 12.1 Å². The lowest BCUT2D eigenvalue weighted by atomic mass is 10.0. The first kappa shape index (κ1) is 20.8. The number of hydrogen-bond donors (Lipinski definition) is 2. The first-order valence-electron chi connectivity index (χ1n) is 7.27. The fourth-order valence-corrected chi connectivity index (χ4v) is 2.03. The van der Waals surface area contributed by atoms with Crippen LogP contribution in [0.15, 0.2) is 24.3 Å². The predicted molar refractivity (Wildman–Crippen MR) is 82.0 cm³/mol. The molecule has 1 aromatic rings. The van der Waals surface area contributed by atoms with Gasteiger partial charge in [-0.25, -0.2) is 9.59 Å². The lowest BCUT2D eigenvalue weighted by Crippen LogP contribution is -2.47. The topological polar surface area (TPSA) is 84.9 Å². The Bertz CT molecular complexity index is 608. The van der Waals surface area contributed by atoms with Crippen LogP contribution >= 0.6 is 0 Å². The molecule has 0 saturated heterocycles. The van der Waals surface area contributed by atoms with Crippen molar-refractivity contribution in [3.05, 3.63) is 35.4 Å². The van der Waals surface area contributed by atoms with Crippen molar-refractivity contribution in [1.82, 2.24) is 5.32 Å². The van der Waals surface area contributed by atoms with Crippen molar-refractivity contribution in [2.45, 2.75) is 44.7 Å². The third kappa shape index (κ3) is 6.26. The Morgan fingerprint density at radius 1 is 1.12 bits per heavy atom. The van der Waals surface area contributed by atoms with Gasteiger partial charge in [0.05, 0.1) is 5.56 Å². The number of carbonyl (C=O) groups is 2. The number of carboxylic acid groups (broad SMARTS) is 1. The number of carboxylic acids is 1. The molecule has 25 heavy (non-hydrogen) atoms. The highest BCUT2D eigenvalue weighted by Crippen LogP contribution is 2.31. The van der Waals surface area contributed by atoms with Crippen LogP contribution in [0.25, 0.3) is 0 Å². The number of alkyl carbamates (subject to hydrolysis) is 1. The third-order valence-corrected chi connectivity index (χ3v) is 3.06. The average molecular weight is 363 g/mol. The summed E-state index contributed by atoms with van der Waals surface area (Å²) in [7, 11) is 1.19. The van der Waals surface area contributed by atoms with E-state index in [0.717, 1.165) is 24.3 Å². The fourth-order valence-electron chi connectivity index (χ4n) is 2.03. The van der Waals surface area contributed by atoms with Crippen LogP contribution in [0.5, 0.6) is 0 Å². The van der Waals surface area contributed by atoms with Crippen LogP contribution in [0.4, 0.5) is 18.0 Å². The van der Waals surface area contributed by atoms with Crippen molar-refractivity contribution in [1.29, 1.82) is 0 Å². The van der Waals surface area contributed by atoms with Gasteiger partial charge in [-0.15, -0.1) is 0 Å². The van der Waals surface area contributed by atoms with E-state index in [-0.39, 0.29) is 5.56 Å². The summed E-state index contributed by atoms with van der Waals surface area (Å²) in [5.74, 6) is -1.42. The molecule has 1 aromatic carbocycles. The second-order valence-corrected chi connectivity index (χ2v) is 6.24. The zero-order valence-corrected chi connectivity index (χ0v) is 14.2. The summed E-state index contributed by atoms with van der Waals surface area (Å²) in [5, 5.41) is 11.5. The maximum Gasteiger partial charge on any atom is 0.416 e. The molecule has 0 aliphatic carbocycles. The van der Waals surface area contributed by atoms with E-state index in [9.17, 15) is 27.9 Å². The van der Waals surface area contributed by atoms with Crippen molar-refractivity contribution in [2.75, 3.05) is 7.11 Å². The van der Waals surface area contributed by atoms with E-state index < -0.39 is 41.5 Å². The van der Waals surface area contributed by atoms with Gasteiger partial charge >= 0.3 is 18.2 Å². The number of rotatable bonds is 5. The van der Waals surface area contributed by atoms with Gasteiger partial charge in [-0.3, -0.25) is 0 Å². The second-order valence-electron chi connectivity index (χ2n) is 6.24. The highest BCUT2D eigenvalue weighted by Gasteiger charge is 2.34. The molecule has 0 fully saturated rings. The van der Waals surface area contributed by atoms with E-state index in [1.807, 2.05) is 0 Å².